The van der Waals surface area contributed by atoms with Crippen molar-refractivity contribution in [2.45, 2.75) is 33.4 Å². The first-order chi connectivity index (χ1) is 9.22. The number of amides is 1. The molecule has 102 valence electrons. The van der Waals surface area contributed by atoms with Crippen LogP contribution in [-0.2, 0) is 13.1 Å². The van der Waals surface area contributed by atoms with Gasteiger partial charge in [-0.1, -0.05) is 6.92 Å². The van der Waals surface area contributed by atoms with Gasteiger partial charge in [0.2, 0.25) is 0 Å². The van der Waals surface area contributed by atoms with E-state index in [1.165, 1.54) is 0 Å². The lowest BCUT2D eigenvalue weighted by Gasteiger charge is -2.06. The van der Waals surface area contributed by atoms with Gasteiger partial charge < -0.3 is 9.88 Å². The highest BCUT2D eigenvalue weighted by atomic mass is 16.1. The van der Waals surface area contributed by atoms with E-state index in [1.807, 2.05) is 40.7 Å². The average Bonchev–Trinajstić information content (AvgIpc) is 3.01. The number of hydrogen-bond acceptors (Lipinski definition) is 2. The van der Waals surface area contributed by atoms with Crippen molar-refractivity contribution in [3.05, 3.63) is 42.0 Å². The molecule has 2 aromatic rings. The minimum Gasteiger partial charge on any atom is -0.353 e. The summed E-state index contributed by atoms with van der Waals surface area (Å²) < 4.78 is 3.91. The Kier molecular flexibility index (Phi) is 4.39. The molecule has 0 bridgehead atoms. The molecule has 0 saturated heterocycles. The molecule has 2 rings (SSSR count). The van der Waals surface area contributed by atoms with Crippen LogP contribution in [0.25, 0.3) is 0 Å². The van der Waals surface area contributed by atoms with Gasteiger partial charge in [-0.3, -0.25) is 9.48 Å². The van der Waals surface area contributed by atoms with Crippen molar-refractivity contribution in [3.63, 3.8) is 0 Å². The zero-order valence-electron chi connectivity index (χ0n) is 11.5. The van der Waals surface area contributed by atoms with Crippen LogP contribution in [0, 0.1) is 6.92 Å². The van der Waals surface area contributed by atoms with Crippen molar-refractivity contribution < 1.29 is 4.79 Å². The highest BCUT2D eigenvalue weighted by Gasteiger charge is 2.13. The Hall–Kier alpha value is -2.04. The van der Waals surface area contributed by atoms with E-state index in [4.69, 9.17) is 0 Å². The van der Waals surface area contributed by atoms with Crippen molar-refractivity contribution in [2.75, 3.05) is 6.54 Å². The molecule has 2 aromatic heterocycles. The van der Waals surface area contributed by atoms with E-state index < -0.39 is 0 Å². The van der Waals surface area contributed by atoms with E-state index in [1.54, 1.807) is 6.20 Å². The predicted octanol–water partition coefficient (Wildman–Crippen LogP) is 1.83. The second kappa shape index (κ2) is 6.22. The summed E-state index contributed by atoms with van der Waals surface area (Å²) in [6.45, 7) is 6.27. The number of carbonyl (C=O) groups is 1. The third kappa shape index (κ3) is 3.24. The highest BCUT2D eigenvalue weighted by Crippen LogP contribution is 2.07. The summed E-state index contributed by atoms with van der Waals surface area (Å²) in [5, 5.41) is 7.16. The molecule has 0 saturated carbocycles. The molecule has 0 aliphatic rings. The average molecular weight is 260 g/mol. The molecule has 0 aliphatic carbocycles. The molecule has 5 heteroatoms. The smallest absolute Gasteiger partial charge is 0.254 e. The quantitative estimate of drug-likeness (QED) is 0.861. The lowest BCUT2D eigenvalue weighted by atomic mass is 10.2. The monoisotopic (exact) mass is 260 g/mol. The van der Waals surface area contributed by atoms with Gasteiger partial charge in [-0.15, -0.1) is 0 Å². The molecule has 0 atom stereocenters. The number of hydrogen-bond donors (Lipinski definition) is 1. The van der Waals surface area contributed by atoms with E-state index in [2.05, 4.69) is 17.3 Å². The van der Waals surface area contributed by atoms with E-state index in [-0.39, 0.29) is 5.91 Å². The van der Waals surface area contributed by atoms with Crippen LogP contribution in [0.4, 0.5) is 0 Å². The topological polar surface area (TPSA) is 51.9 Å². The standard InChI is InChI=1S/C14H20N4O/c1-3-7-18-12(2)13(11-16-18)14(19)15-6-10-17-8-4-5-9-17/h4-5,8-9,11H,3,6-7,10H2,1-2H3,(H,15,19). The summed E-state index contributed by atoms with van der Waals surface area (Å²) >= 11 is 0. The molecule has 5 nitrogen and oxygen atoms in total. The Labute approximate surface area is 113 Å². The Morgan fingerprint density at radius 3 is 2.74 bits per heavy atom. The van der Waals surface area contributed by atoms with Crippen molar-refractivity contribution >= 4 is 5.91 Å². The van der Waals surface area contributed by atoms with Crippen molar-refractivity contribution in [1.82, 2.24) is 19.7 Å². The van der Waals surface area contributed by atoms with Crippen LogP contribution in [-0.4, -0.2) is 26.8 Å². The molecule has 0 radical (unpaired) electrons. The Balaban J connectivity index is 1.89. The third-order valence-corrected chi connectivity index (χ3v) is 3.10. The SMILES string of the molecule is CCCn1ncc(C(=O)NCCn2cccc2)c1C. The van der Waals surface area contributed by atoms with Gasteiger partial charge in [-0.25, -0.2) is 0 Å². The van der Waals surface area contributed by atoms with E-state index in [0.717, 1.165) is 25.2 Å². The van der Waals surface area contributed by atoms with E-state index in [0.29, 0.717) is 12.1 Å². The van der Waals surface area contributed by atoms with Crippen LogP contribution in [0.3, 0.4) is 0 Å². The Bertz CT molecular complexity index is 528. The summed E-state index contributed by atoms with van der Waals surface area (Å²) in [6.07, 6.45) is 6.63. The number of nitrogens with zero attached hydrogens (tertiary/aromatic N) is 3. The molecule has 0 aliphatic heterocycles. The zero-order chi connectivity index (χ0) is 13.7. The Morgan fingerprint density at radius 2 is 2.05 bits per heavy atom. The molecule has 1 N–H and O–H groups in total. The van der Waals surface area contributed by atoms with E-state index >= 15 is 0 Å². The van der Waals surface area contributed by atoms with Crippen LogP contribution in [0.15, 0.2) is 30.7 Å². The first-order valence-corrected chi connectivity index (χ1v) is 6.63. The third-order valence-electron chi connectivity index (χ3n) is 3.10. The maximum absolute atomic E-state index is 12.0. The van der Waals surface area contributed by atoms with Crippen LogP contribution in [0.2, 0.25) is 0 Å². The number of nitrogens with one attached hydrogen (secondary N) is 1. The first-order valence-electron chi connectivity index (χ1n) is 6.63. The van der Waals surface area contributed by atoms with Gasteiger partial charge in [0, 0.05) is 37.7 Å². The molecule has 19 heavy (non-hydrogen) atoms. The minimum atomic E-state index is -0.0491. The number of rotatable bonds is 6. The van der Waals surface area contributed by atoms with Crippen molar-refractivity contribution in [3.8, 4) is 0 Å². The molecular formula is C14H20N4O. The van der Waals surface area contributed by atoms with Gasteiger partial charge >= 0.3 is 0 Å². The number of aromatic nitrogens is 3. The molecular weight excluding hydrogens is 240 g/mol. The second-order valence-corrected chi connectivity index (χ2v) is 4.54. The zero-order valence-corrected chi connectivity index (χ0v) is 11.5. The molecule has 0 unspecified atom stereocenters. The van der Waals surface area contributed by atoms with Gasteiger partial charge in [-0.05, 0) is 25.5 Å². The maximum Gasteiger partial charge on any atom is 0.254 e. The molecule has 0 aromatic carbocycles. The first kappa shape index (κ1) is 13.4. The Morgan fingerprint density at radius 1 is 1.32 bits per heavy atom. The fraction of sp³-hybridized carbons (Fsp3) is 0.429. The van der Waals surface area contributed by atoms with Crippen LogP contribution >= 0.6 is 0 Å². The van der Waals surface area contributed by atoms with Gasteiger partial charge in [0.05, 0.1) is 11.8 Å². The summed E-state index contributed by atoms with van der Waals surface area (Å²) in [5.74, 6) is -0.0491. The minimum absolute atomic E-state index is 0.0491. The lowest BCUT2D eigenvalue weighted by Crippen LogP contribution is -2.27. The molecule has 0 fully saturated rings. The van der Waals surface area contributed by atoms with Crippen LogP contribution in [0.5, 0.6) is 0 Å². The normalized spacial score (nSPS) is 10.6. The number of aryl methyl sites for hydroxylation is 1. The summed E-state index contributed by atoms with van der Waals surface area (Å²) in [4.78, 5) is 12.0. The van der Waals surface area contributed by atoms with Crippen molar-refractivity contribution in [1.29, 1.82) is 0 Å². The van der Waals surface area contributed by atoms with Crippen LogP contribution < -0.4 is 5.32 Å². The van der Waals surface area contributed by atoms with Gasteiger partial charge in [0.1, 0.15) is 0 Å². The van der Waals surface area contributed by atoms with Gasteiger partial charge in [-0.2, -0.15) is 5.10 Å². The predicted molar refractivity (Wildman–Crippen MR) is 74.0 cm³/mol. The van der Waals surface area contributed by atoms with Crippen molar-refractivity contribution in [2.24, 2.45) is 0 Å². The van der Waals surface area contributed by atoms with E-state index in [9.17, 15) is 4.79 Å². The maximum atomic E-state index is 12.0. The molecule has 0 spiro atoms. The van der Waals surface area contributed by atoms with Crippen LogP contribution in [0.1, 0.15) is 29.4 Å². The largest absolute Gasteiger partial charge is 0.353 e. The highest BCUT2D eigenvalue weighted by molar-refractivity contribution is 5.94. The van der Waals surface area contributed by atoms with Gasteiger partial charge in [0.15, 0.2) is 0 Å². The summed E-state index contributed by atoms with van der Waals surface area (Å²) in [5.41, 5.74) is 1.60. The molecule has 1 amide bonds. The fourth-order valence-corrected chi connectivity index (χ4v) is 2.02. The summed E-state index contributed by atoms with van der Waals surface area (Å²) in [7, 11) is 0. The number of carbonyl (C=O) groups excluding carboxylic acids is 1. The second-order valence-electron chi connectivity index (χ2n) is 4.54. The molecule has 2 heterocycles. The van der Waals surface area contributed by atoms with Gasteiger partial charge in [0.25, 0.3) is 5.91 Å². The summed E-state index contributed by atoms with van der Waals surface area (Å²) in [6, 6.07) is 3.95. The fourth-order valence-electron chi connectivity index (χ4n) is 2.02. The lowest BCUT2D eigenvalue weighted by molar-refractivity contribution is 0.0951.